The second-order valence-corrected chi connectivity index (χ2v) is 6.44. The molecule has 0 nitrogen and oxygen atoms in total. The summed E-state index contributed by atoms with van der Waals surface area (Å²) in [6.07, 6.45) is 2.28. The molecular formula is C19H36. The van der Waals surface area contributed by atoms with Crippen molar-refractivity contribution in [1.82, 2.24) is 0 Å². The molecule has 0 aromatic rings. The van der Waals surface area contributed by atoms with E-state index >= 15 is 0 Å². The molecule has 0 amide bonds. The third kappa shape index (κ3) is 4.09. The van der Waals surface area contributed by atoms with Crippen LogP contribution in [0.1, 0.15) is 83.1 Å². The Morgan fingerprint density at radius 3 is 1.68 bits per heavy atom. The van der Waals surface area contributed by atoms with E-state index in [-0.39, 0.29) is 20.3 Å². The van der Waals surface area contributed by atoms with Gasteiger partial charge in [0.25, 0.3) is 0 Å². The molecule has 0 aromatic carbocycles. The number of rotatable bonds is 1. The summed E-state index contributed by atoms with van der Waals surface area (Å²) in [5.41, 5.74) is 9.51. The van der Waals surface area contributed by atoms with Crippen molar-refractivity contribution in [3.8, 4) is 0 Å². The lowest BCUT2D eigenvalue weighted by molar-refractivity contribution is 0.500. The Bertz CT molecular complexity index is 406. The fourth-order valence-corrected chi connectivity index (χ4v) is 3.14. The standard InChI is InChI=1S/C17H28.2CH4/c1-9-15-14(5)13(4)11(2)10-12(3)16(15)17(6,7)8;;/h9-10H2,1-8H3;2*1H4. The predicted octanol–water partition coefficient (Wildman–Crippen LogP) is 7.09. The number of hydrogen-bond donors (Lipinski definition) is 0. The Morgan fingerprint density at radius 2 is 1.32 bits per heavy atom. The van der Waals surface area contributed by atoms with Crippen LogP contribution in [0.3, 0.4) is 0 Å². The van der Waals surface area contributed by atoms with E-state index in [0.29, 0.717) is 0 Å². The van der Waals surface area contributed by atoms with E-state index in [1.807, 2.05) is 0 Å². The van der Waals surface area contributed by atoms with Crippen LogP contribution in [0.25, 0.3) is 0 Å². The highest BCUT2D eigenvalue weighted by atomic mass is 14.3. The SMILES string of the molecule is C.C.CCC1=C(C)C(C)=C(C)CC(C)=C1C(C)(C)C. The maximum Gasteiger partial charge on any atom is -0.0102 e. The summed E-state index contributed by atoms with van der Waals surface area (Å²) >= 11 is 0. The van der Waals surface area contributed by atoms with Gasteiger partial charge in [-0.2, -0.15) is 0 Å². The van der Waals surface area contributed by atoms with E-state index in [1.54, 1.807) is 16.7 Å². The van der Waals surface area contributed by atoms with Crippen molar-refractivity contribution < 1.29 is 0 Å². The van der Waals surface area contributed by atoms with Crippen molar-refractivity contribution in [3.05, 3.63) is 33.4 Å². The first-order valence-corrected chi connectivity index (χ1v) is 6.77. The van der Waals surface area contributed by atoms with Crippen LogP contribution < -0.4 is 0 Å². The second kappa shape index (κ2) is 7.12. The molecular weight excluding hydrogens is 228 g/mol. The van der Waals surface area contributed by atoms with Gasteiger partial charge in [-0.25, -0.2) is 0 Å². The average molecular weight is 264 g/mol. The molecule has 0 atom stereocenters. The zero-order valence-corrected chi connectivity index (χ0v) is 12.9. The minimum atomic E-state index is 0. The summed E-state index contributed by atoms with van der Waals surface area (Å²) in [4.78, 5) is 0. The topological polar surface area (TPSA) is 0 Å². The van der Waals surface area contributed by atoms with Crippen LogP contribution in [0.2, 0.25) is 0 Å². The molecule has 0 heterocycles. The lowest BCUT2D eigenvalue weighted by Gasteiger charge is -2.28. The van der Waals surface area contributed by atoms with Gasteiger partial charge < -0.3 is 0 Å². The molecule has 0 fully saturated rings. The highest BCUT2D eigenvalue weighted by Crippen LogP contribution is 2.42. The van der Waals surface area contributed by atoms with Crippen LogP contribution in [0, 0.1) is 5.41 Å². The molecule has 0 heteroatoms. The first kappa shape index (κ1) is 20.5. The molecule has 0 aliphatic heterocycles. The molecule has 0 bridgehead atoms. The van der Waals surface area contributed by atoms with Crippen LogP contribution in [-0.2, 0) is 0 Å². The van der Waals surface area contributed by atoms with Crippen LogP contribution in [-0.4, -0.2) is 0 Å². The summed E-state index contributed by atoms with van der Waals surface area (Å²) < 4.78 is 0. The van der Waals surface area contributed by atoms with Gasteiger partial charge in [-0.05, 0) is 68.2 Å². The monoisotopic (exact) mass is 264 g/mol. The van der Waals surface area contributed by atoms with E-state index in [9.17, 15) is 0 Å². The Kier molecular flexibility index (Phi) is 7.70. The summed E-state index contributed by atoms with van der Waals surface area (Å²) in [6.45, 7) is 18.5. The van der Waals surface area contributed by atoms with Gasteiger partial charge in [0.1, 0.15) is 0 Å². The third-order valence-corrected chi connectivity index (χ3v) is 4.02. The molecule has 1 aliphatic carbocycles. The van der Waals surface area contributed by atoms with Crippen molar-refractivity contribution in [2.75, 3.05) is 0 Å². The van der Waals surface area contributed by atoms with Crippen LogP contribution in [0.15, 0.2) is 33.4 Å². The Morgan fingerprint density at radius 1 is 0.842 bits per heavy atom. The molecule has 0 spiro atoms. The molecule has 0 unspecified atom stereocenters. The van der Waals surface area contributed by atoms with Crippen LogP contribution in [0.4, 0.5) is 0 Å². The van der Waals surface area contributed by atoms with Crippen molar-refractivity contribution in [2.24, 2.45) is 5.41 Å². The maximum absolute atomic E-state index is 2.34. The quantitative estimate of drug-likeness (QED) is 0.474. The minimum absolute atomic E-state index is 0. The van der Waals surface area contributed by atoms with Gasteiger partial charge in [0.05, 0.1) is 0 Å². The number of allylic oxidation sites excluding steroid dienone is 6. The van der Waals surface area contributed by atoms with Crippen molar-refractivity contribution in [2.45, 2.75) is 83.1 Å². The molecule has 1 rings (SSSR count). The molecule has 19 heavy (non-hydrogen) atoms. The van der Waals surface area contributed by atoms with Gasteiger partial charge in [0.2, 0.25) is 0 Å². The lowest BCUT2D eigenvalue weighted by atomic mass is 9.77. The van der Waals surface area contributed by atoms with Gasteiger partial charge >= 0.3 is 0 Å². The van der Waals surface area contributed by atoms with E-state index in [2.05, 4.69) is 55.4 Å². The molecule has 0 saturated carbocycles. The Balaban J connectivity index is 0. The van der Waals surface area contributed by atoms with Crippen LogP contribution >= 0.6 is 0 Å². The molecule has 0 saturated heterocycles. The van der Waals surface area contributed by atoms with Gasteiger partial charge in [-0.3, -0.25) is 0 Å². The predicted molar refractivity (Wildman–Crippen MR) is 91.6 cm³/mol. The lowest BCUT2D eigenvalue weighted by Crippen LogP contribution is -2.14. The van der Waals surface area contributed by atoms with E-state index in [4.69, 9.17) is 0 Å². The average Bonchev–Trinajstić information content (AvgIpc) is 2.27. The molecule has 1 aliphatic rings. The van der Waals surface area contributed by atoms with E-state index < -0.39 is 0 Å². The summed E-state index contributed by atoms with van der Waals surface area (Å²) in [7, 11) is 0. The fraction of sp³-hybridized carbons (Fsp3) is 0.684. The third-order valence-electron chi connectivity index (χ3n) is 4.02. The van der Waals surface area contributed by atoms with Crippen LogP contribution in [0.5, 0.6) is 0 Å². The van der Waals surface area contributed by atoms with Gasteiger partial charge in [-0.1, -0.05) is 53.7 Å². The maximum atomic E-state index is 2.34. The largest absolute Gasteiger partial charge is 0.0776 e. The normalized spacial score (nSPS) is 17.1. The molecule has 0 radical (unpaired) electrons. The first-order chi connectivity index (χ1) is 7.70. The summed E-state index contributed by atoms with van der Waals surface area (Å²) in [5, 5.41) is 0. The van der Waals surface area contributed by atoms with Crippen molar-refractivity contribution in [1.29, 1.82) is 0 Å². The summed E-state index contributed by atoms with van der Waals surface area (Å²) in [5.74, 6) is 0. The first-order valence-electron chi connectivity index (χ1n) is 6.77. The smallest absolute Gasteiger partial charge is 0.0102 e. The minimum Gasteiger partial charge on any atom is -0.0776 e. The fourth-order valence-electron chi connectivity index (χ4n) is 3.14. The highest BCUT2D eigenvalue weighted by molar-refractivity contribution is 5.51. The van der Waals surface area contributed by atoms with Crippen molar-refractivity contribution in [3.63, 3.8) is 0 Å². The molecule has 0 aromatic heterocycles. The van der Waals surface area contributed by atoms with E-state index in [0.717, 1.165) is 12.8 Å². The Hall–Kier alpha value is -0.780. The zero-order valence-electron chi connectivity index (χ0n) is 12.9. The summed E-state index contributed by atoms with van der Waals surface area (Å²) in [6, 6.07) is 0. The molecule has 112 valence electrons. The van der Waals surface area contributed by atoms with Gasteiger partial charge in [-0.15, -0.1) is 0 Å². The Labute approximate surface area is 122 Å². The van der Waals surface area contributed by atoms with E-state index in [1.165, 1.54) is 16.7 Å². The zero-order chi connectivity index (χ0) is 13.4. The molecule has 0 N–H and O–H groups in total. The second-order valence-electron chi connectivity index (χ2n) is 6.44. The van der Waals surface area contributed by atoms with Crippen molar-refractivity contribution >= 4 is 0 Å². The van der Waals surface area contributed by atoms with Gasteiger partial charge in [0, 0.05) is 0 Å². The van der Waals surface area contributed by atoms with Gasteiger partial charge in [0.15, 0.2) is 0 Å². The highest BCUT2D eigenvalue weighted by Gasteiger charge is 2.26. The number of hydrogen-bond acceptors (Lipinski definition) is 0.